The second-order valence-electron chi connectivity index (χ2n) is 8.65. The molecule has 1 aliphatic carbocycles. The van der Waals surface area contributed by atoms with Gasteiger partial charge in [-0.25, -0.2) is 4.79 Å². The molecule has 1 atom stereocenters. The molecule has 0 saturated carbocycles. The zero-order valence-corrected chi connectivity index (χ0v) is 19.0. The Morgan fingerprint density at radius 1 is 1.06 bits per heavy atom. The molecule has 3 aromatic rings. The number of allylic oxidation sites excluding steroid dienone is 1. The van der Waals surface area contributed by atoms with Crippen molar-refractivity contribution in [3.63, 3.8) is 0 Å². The molecule has 0 amide bonds. The van der Waals surface area contributed by atoms with Gasteiger partial charge in [-0.3, -0.25) is 9.13 Å². The van der Waals surface area contributed by atoms with Gasteiger partial charge in [-0.15, -0.1) is 0 Å². The SMILES string of the molecule is Cn1c(=O)n(C)c2cc([C@@H](O)COc3ccc(CNCCC4=CCCCC4)cc3)ccc21. The first-order valence-electron chi connectivity index (χ1n) is 11.5. The van der Waals surface area contributed by atoms with Crippen LogP contribution < -0.4 is 15.7 Å². The molecule has 4 rings (SSSR count). The van der Waals surface area contributed by atoms with Crippen molar-refractivity contribution in [1.82, 2.24) is 14.5 Å². The van der Waals surface area contributed by atoms with Gasteiger partial charge in [0.05, 0.1) is 11.0 Å². The lowest BCUT2D eigenvalue weighted by Crippen LogP contribution is -2.19. The lowest BCUT2D eigenvalue weighted by molar-refractivity contribution is 0.108. The summed E-state index contributed by atoms with van der Waals surface area (Å²) >= 11 is 0. The Hall–Kier alpha value is -2.83. The van der Waals surface area contributed by atoms with Crippen molar-refractivity contribution in [2.24, 2.45) is 14.1 Å². The smallest absolute Gasteiger partial charge is 0.328 e. The molecule has 0 saturated heterocycles. The summed E-state index contributed by atoms with van der Waals surface area (Å²) < 4.78 is 8.99. The standard InChI is InChI=1S/C26H33N3O3/c1-28-23-13-10-21(16-24(23)29(2)26(28)31)25(30)18-32-22-11-8-20(9-12-22)17-27-15-14-19-6-4-3-5-7-19/h6,8-13,16,25,27,30H,3-5,7,14-15,17-18H2,1-2H3/t25-/m0/s1. The van der Waals surface area contributed by atoms with Crippen LogP contribution in [0.3, 0.4) is 0 Å². The van der Waals surface area contributed by atoms with Gasteiger partial charge in [-0.05, 0) is 74.0 Å². The number of fused-ring (bicyclic) bond motifs is 1. The highest BCUT2D eigenvalue weighted by Crippen LogP contribution is 2.22. The van der Waals surface area contributed by atoms with Crippen molar-refractivity contribution in [2.75, 3.05) is 13.2 Å². The molecule has 2 aromatic carbocycles. The van der Waals surface area contributed by atoms with Crippen LogP contribution in [0.2, 0.25) is 0 Å². The van der Waals surface area contributed by atoms with Gasteiger partial charge in [0, 0.05) is 20.6 Å². The van der Waals surface area contributed by atoms with E-state index in [1.54, 1.807) is 28.8 Å². The van der Waals surface area contributed by atoms with Crippen LogP contribution in [-0.4, -0.2) is 27.4 Å². The predicted octanol–water partition coefficient (Wildman–Crippen LogP) is 3.97. The molecule has 0 fully saturated rings. The van der Waals surface area contributed by atoms with Crippen LogP contribution in [0, 0.1) is 0 Å². The Morgan fingerprint density at radius 3 is 2.59 bits per heavy atom. The third-order valence-electron chi connectivity index (χ3n) is 6.35. The van der Waals surface area contributed by atoms with Crippen LogP contribution in [0.4, 0.5) is 0 Å². The Morgan fingerprint density at radius 2 is 1.84 bits per heavy atom. The number of aliphatic hydroxyl groups is 1. The topological polar surface area (TPSA) is 68.4 Å². The van der Waals surface area contributed by atoms with Gasteiger partial charge in [0.15, 0.2) is 0 Å². The summed E-state index contributed by atoms with van der Waals surface area (Å²) in [6.07, 6.45) is 7.95. The summed E-state index contributed by atoms with van der Waals surface area (Å²) in [6, 6.07) is 13.6. The molecule has 6 heteroatoms. The number of aromatic nitrogens is 2. The molecule has 1 aliphatic rings. The fourth-order valence-electron chi connectivity index (χ4n) is 4.32. The van der Waals surface area contributed by atoms with Crippen molar-refractivity contribution in [3.05, 3.63) is 75.7 Å². The average molecular weight is 436 g/mol. The predicted molar refractivity (Wildman–Crippen MR) is 128 cm³/mol. The maximum absolute atomic E-state index is 12.1. The van der Waals surface area contributed by atoms with E-state index in [4.69, 9.17) is 4.74 Å². The van der Waals surface area contributed by atoms with Gasteiger partial charge in [-0.1, -0.05) is 29.8 Å². The summed E-state index contributed by atoms with van der Waals surface area (Å²) in [5.74, 6) is 0.730. The Labute approximate surface area is 189 Å². The average Bonchev–Trinajstić information content (AvgIpc) is 3.05. The van der Waals surface area contributed by atoms with Crippen LogP contribution in [0.1, 0.15) is 49.3 Å². The summed E-state index contributed by atoms with van der Waals surface area (Å²) in [4.78, 5) is 12.1. The number of nitrogens with zero attached hydrogens (tertiary/aromatic N) is 2. The first kappa shape index (κ1) is 22.4. The normalized spacial score (nSPS) is 15.0. The molecule has 32 heavy (non-hydrogen) atoms. The molecule has 0 spiro atoms. The Bertz CT molecular complexity index is 1140. The van der Waals surface area contributed by atoms with Crippen LogP contribution in [-0.2, 0) is 20.6 Å². The minimum atomic E-state index is -0.773. The van der Waals surface area contributed by atoms with Crippen molar-refractivity contribution in [2.45, 2.75) is 44.8 Å². The van der Waals surface area contributed by atoms with E-state index in [0.717, 1.165) is 41.9 Å². The van der Waals surface area contributed by atoms with E-state index in [-0.39, 0.29) is 12.3 Å². The second-order valence-corrected chi connectivity index (χ2v) is 8.65. The van der Waals surface area contributed by atoms with Crippen molar-refractivity contribution < 1.29 is 9.84 Å². The first-order chi connectivity index (χ1) is 15.5. The van der Waals surface area contributed by atoms with E-state index < -0.39 is 6.10 Å². The highest BCUT2D eigenvalue weighted by Gasteiger charge is 2.13. The van der Waals surface area contributed by atoms with Crippen LogP contribution in [0.15, 0.2) is 58.9 Å². The van der Waals surface area contributed by atoms with Crippen LogP contribution in [0.25, 0.3) is 11.0 Å². The number of nitrogens with one attached hydrogen (secondary N) is 1. The molecule has 2 N–H and O–H groups in total. The molecule has 170 valence electrons. The van der Waals surface area contributed by atoms with Crippen molar-refractivity contribution >= 4 is 11.0 Å². The number of aryl methyl sites for hydroxylation is 2. The largest absolute Gasteiger partial charge is 0.491 e. The third kappa shape index (κ3) is 5.14. The molecule has 0 unspecified atom stereocenters. The number of hydrogen-bond acceptors (Lipinski definition) is 4. The number of imidazole rings is 1. The maximum Gasteiger partial charge on any atom is 0.328 e. The number of aliphatic hydroxyl groups excluding tert-OH is 1. The van der Waals surface area contributed by atoms with E-state index in [1.165, 1.54) is 31.2 Å². The minimum absolute atomic E-state index is 0.0801. The van der Waals surface area contributed by atoms with E-state index >= 15 is 0 Å². The summed E-state index contributed by atoms with van der Waals surface area (Å²) in [7, 11) is 3.48. The molecule has 6 nitrogen and oxygen atoms in total. The molecule has 0 aliphatic heterocycles. The fourth-order valence-corrected chi connectivity index (χ4v) is 4.32. The number of ether oxygens (including phenoxy) is 1. The van der Waals surface area contributed by atoms with E-state index in [9.17, 15) is 9.90 Å². The van der Waals surface area contributed by atoms with Crippen LogP contribution >= 0.6 is 0 Å². The minimum Gasteiger partial charge on any atom is -0.491 e. The molecular formula is C26H33N3O3. The van der Waals surface area contributed by atoms with Gasteiger partial charge >= 0.3 is 5.69 Å². The summed E-state index contributed by atoms with van der Waals surface area (Å²) in [5.41, 5.74) is 5.10. The fraction of sp³-hybridized carbons (Fsp3) is 0.423. The van der Waals surface area contributed by atoms with Crippen LogP contribution in [0.5, 0.6) is 5.75 Å². The molecule has 1 heterocycles. The van der Waals surface area contributed by atoms with E-state index in [0.29, 0.717) is 0 Å². The van der Waals surface area contributed by atoms with Crippen molar-refractivity contribution in [1.29, 1.82) is 0 Å². The Balaban J connectivity index is 1.26. The van der Waals surface area contributed by atoms with Gasteiger partial charge in [-0.2, -0.15) is 0 Å². The first-order valence-corrected chi connectivity index (χ1v) is 11.5. The van der Waals surface area contributed by atoms with Crippen molar-refractivity contribution in [3.8, 4) is 5.75 Å². The molecule has 0 radical (unpaired) electrons. The number of benzene rings is 2. The second kappa shape index (κ2) is 10.2. The highest BCUT2D eigenvalue weighted by molar-refractivity contribution is 5.76. The monoisotopic (exact) mass is 435 g/mol. The lowest BCUT2D eigenvalue weighted by atomic mass is 9.97. The quantitative estimate of drug-likeness (QED) is 0.394. The zero-order valence-electron chi connectivity index (χ0n) is 19.0. The van der Waals surface area contributed by atoms with Gasteiger partial charge in [0.1, 0.15) is 18.5 Å². The zero-order chi connectivity index (χ0) is 22.5. The number of rotatable bonds is 9. The third-order valence-corrected chi connectivity index (χ3v) is 6.35. The lowest BCUT2D eigenvalue weighted by Gasteiger charge is -2.14. The summed E-state index contributed by atoms with van der Waals surface area (Å²) in [6.45, 7) is 2.00. The van der Waals surface area contributed by atoms with Gasteiger partial charge in [0.2, 0.25) is 0 Å². The van der Waals surface area contributed by atoms with Gasteiger partial charge in [0.25, 0.3) is 0 Å². The molecular weight excluding hydrogens is 402 g/mol. The van der Waals surface area contributed by atoms with E-state index in [1.807, 2.05) is 30.3 Å². The molecule has 0 bridgehead atoms. The number of hydrogen-bond donors (Lipinski definition) is 2. The Kier molecular flexibility index (Phi) is 7.12. The molecule has 1 aromatic heterocycles. The maximum atomic E-state index is 12.1. The van der Waals surface area contributed by atoms with E-state index in [2.05, 4.69) is 23.5 Å². The van der Waals surface area contributed by atoms with Gasteiger partial charge < -0.3 is 15.2 Å². The highest BCUT2D eigenvalue weighted by atomic mass is 16.5. The summed E-state index contributed by atoms with van der Waals surface area (Å²) in [5, 5.41) is 14.1.